The fraction of sp³-hybridized carbons (Fsp3) is 0.444. The van der Waals surface area contributed by atoms with Crippen molar-refractivity contribution in [1.82, 2.24) is 30.0 Å². The van der Waals surface area contributed by atoms with Crippen molar-refractivity contribution >= 4 is 22.7 Å². The second kappa shape index (κ2) is 9.79. The van der Waals surface area contributed by atoms with Gasteiger partial charge in [0.25, 0.3) is 11.8 Å². The summed E-state index contributed by atoms with van der Waals surface area (Å²) < 4.78 is 0. The van der Waals surface area contributed by atoms with Crippen LogP contribution in [0.3, 0.4) is 0 Å². The van der Waals surface area contributed by atoms with E-state index in [0.717, 1.165) is 42.6 Å². The summed E-state index contributed by atoms with van der Waals surface area (Å²) in [4.78, 5) is 41.4. The van der Waals surface area contributed by atoms with Crippen molar-refractivity contribution in [1.29, 1.82) is 0 Å². The van der Waals surface area contributed by atoms with Crippen LogP contribution in [0, 0.1) is 0 Å². The predicted molar refractivity (Wildman–Crippen MR) is 136 cm³/mol. The molecule has 2 fully saturated rings. The molecule has 0 aliphatic carbocycles. The van der Waals surface area contributed by atoms with E-state index in [1.54, 1.807) is 37.5 Å². The minimum atomic E-state index is -1.19. The number of pyridine rings is 1. The zero-order valence-electron chi connectivity index (χ0n) is 20.5. The summed E-state index contributed by atoms with van der Waals surface area (Å²) >= 11 is 0. The molecule has 2 N–H and O–H groups in total. The smallest absolute Gasteiger partial charge is 0.252 e. The Balaban J connectivity index is 1.33. The maximum atomic E-state index is 13.9. The Labute approximate surface area is 206 Å². The molecule has 8 nitrogen and oxygen atoms in total. The Morgan fingerprint density at radius 1 is 1.00 bits per heavy atom. The van der Waals surface area contributed by atoms with Gasteiger partial charge in [-0.3, -0.25) is 19.5 Å². The number of nitrogens with zero attached hydrogens (tertiary/aromatic N) is 4. The Morgan fingerprint density at radius 2 is 1.71 bits per heavy atom. The van der Waals surface area contributed by atoms with Gasteiger partial charge in [0.2, 0.25) is 0 Å². The highest BCUT2D eigenvalue weighted by Crippen LogP contribution is 2.26. The van der Waals surface area contributed by atoms with Crippen LogP contribution in [0.2, 0.25) is 0 Å². The third kappa shape index (κ3) is 4.81. The fourth-order valence-electron chi connectivity index (χ4n) is 5.39. The summed E-state index contributed by atoms with van der Waals surface area (Å²) in [6.07, 6.45) is 7.54. The molecular weight excluding hydrogens is 440 g/mol. The molecule has 0 radical (unpaired) electrons. The molecule has 2 saturated heterocycles. The highest BCUT2D eigenvalue weighted by molar-refractivity contribution is 6.01. The minimum absolute atomic E-state index is 0.0824. The lowest BCUT2D eigenvalue weighted by Crippen LogP contribution is -2.60. The molecule has 3 aromatic rings. The lowest BCUT2D eigenvalue weighted by Gasteiger charge is -2.44. The number of benzene rings is 1. The first-order chi connectivity index (χ1) is 16.9. The molecule has 2 aliphatic rings. The molecule has 4 heterocycles. The number of carbonyl (C=O) groups is 2. The molecule has 184 valence electrons. The minimum Gasteiger partial charge on any atom is -0.361 e. The molecule has 0 spiro atoms. The molecule has 2 aromatic heterocycles. The number of likely N-dealkylation sites (tertiary alicyclic amines) is 1. The predicted octanol–water partition coefficient (Wildman–Crippen LogP) is 2.45. The number of hydrogen-bond donors (Lipinski definition) is 2. The number of carbonyl (C=O) groups excluding carboxylic acids is 2. The molecular formula is C27H34N6O2. The van der Waals surface area contributed by atoms with Crippen molar-refractivity contribution < 1.29 is 9.59 Å². The van der Waals surface area contributed by atoms with Gasteiger partial charge < -0.3 is 20.1 Å². The van der Waals surface area contributed by atoms with Crippen LogP contribution < -0.4 is 5.32 Å². The van der Waals surface area contributed by atoms with Crippen LogP contribution in [0.1, 0.15) is 35.7 Å². The number of hydrogen-bond acceptors (Lipinski definition) is 5. The zero-order valence-corrected chi connectivity index (χ0v) is 20.5. The van der Waals surface area contributed by atoms with Gasteiger partial charge in [0, 0.05) is 61.9 Å². The average molecular weight is 475 g/mol. The molecule has 2 amide bonds. The van der Waals surface area contributed by atoms with E-state index in [4.69, 9.17) is 0 Å². The average Bonchev–Trinajstić information content (AvgIpc) is 3.37. The van der Waals surface area contributed by atoms with Crippen LogP contribution in [-0.4, -0.2) is 88.8 Å². The molecule has 0 bridgehead atoms. The summed E-state index contributed by atoms with van der Waals surface area (Å²) in [7, 11) is 2.18. The number of piperazine rings is 1. The topological polar surface area (TPSA) is 84.6 Å². The first kappa shape index (κ1) is 23.5. The summed E-state index contributed by atoms with van der Waals surface area (Å²) in [5.41, 5.74) is 0.935. The largest absolute Gasteiger partial charge is 0.361 e. The normalized spacial score (nSPS) is 20.0. The van der Waals surface area contributed by atoms with Gasteiger partial charge in [-0.25, -0.2) is 0 Å². The van der Waals surface area contributed by atoms with Crippen molar-refractivity contribution in [2.45, 2.75) is 31.3 Å². The van der Waals surface area contributed by atoms with Crippen LogP contribution in [0.25, 0.3) is 10.9 Å². The van der Waals surface area contributed by atoms with Crippen LogP contribution in [0.15, 0.2) is 55.0 Å². The second-order valence-corrected chi connectivity index (χ2v) is 9.96. The quantitative estimate of drug-likeness (QED) is 0.594. The van der Waals surface area contributed by atoms with E-state index in [1.165, 1.54) is 12.8 Å². The maximum absolute atomic E-state index is 13.9. The van der Waals surface area contributed by atoms with Crippen LogP contribution in [-0.2, 0) is 10.3 Å². The van der Waals surface area contributed by atoms with E-state index in [2.05, 4.69) is 32.1 Å². The van der Waals surface area contributed by atoms with Crippen molar-refractivity contribution in [3.63, 3.8) is 0 Å². The number of aromatic nitrogens is 2. The van der Waals surface area contributed by atoms with Gasteiger partial charge in [-0.05, 0) is 81.2 Å². The van der Waals surface area contributed by atoms with Gasteiger partial charge in [-0.2, -0.15) is 0 Å². The monoisotopic (exact) mass is 474 g/mol. The molecule has 5 rings (SSSR count). The number of fused-ring (bicyclic) bond motifs is 1. The number of H-pyrrole nitrogens is 1. The highest BCUT2D eigenvalue weighted by atomic mass is 16.2. The van der Waals surface area contributed by atoms with E-state index < -0.39 is 5.54 Å². The van der Waals surface area contributed by atoms with Gasteiger partial charge in [-0.1, -0.05) is 6.07 Å². The van der Waals surface area contributed by atoms with E-state index in [1.807, 2.05) is 29.3 Å². The number of amides is 2. The Kier molecular flexibility index (Phi) is 6.58. The summed E-state index contributed by atoms with van der Waals surface area (Å²) in [5.74, 6) is -0.361. The van der Waals surface area contributed by atoms with Crippen molar-refractivity contribution in [2.24, 2.45) is 0 Å². The van der Waals surface area contributed by atoms with Crippen LogP contribution >= 0.6 is 0 Å². The highest BCUT2D eigenvalue weighted by Gasteiger charge is 2.41. The Morgan fingerprint density at radius 3 is 2.43 bits per heavy atom. The van der Waals surface area contributed by atoms with Gasteiger partial charge in [-0.15, -0.1) is 0 Å². The van der Waals surface area contributed by atoms with Crippen molar-refractivity contribution in [2.75, 3.05) is 46.3 Å². The molecule has 0 unspecified atom stereocenters. The third-order valence-electron chi connectivity index (χ3n) is 7.67. The van der Waals surface area contributed by atoms with E-state index in [0.29, 0.717) is 24.7 Å². The molecule has 1 atom stereocenters. The maximum Gasteiger partial charge on any atom is 0.252 e. The first-order valence-corrected chi connectivity index (χ1v) is 12.5. The zero-order chi connectivity index (χ0) is 24.4. The molecule has 8 heteroatoms. The summed E-state index contributed by atoms with van der Waals surface area (Å²) in [5, 5.41) is 4.11. The SMILES string of the molecule is CN1CCC(N2CCN(C(=O)[C@@](C)(NC(=O)c3ccc4cc[nH]c4c3)c3ccncc3)CC2)CC1. The Bertz CT molecular complexity index is 1180. The van der Waals surface area contributed by atoms with Crippen LogP contribution in [0.5, 0.6) is 0 Å². The first-order valence-electron chi connectivity index (χ1n) is 12.5. The summed E-state index contributed by atoms with van der Waals surface area (Å²) in [6.45, 7) is 7.12. The molecule has 1 aromatic carbocycles. The second-order valence-electron chi connectivity index (χ2n) is 9.96. The number of aromatic amines is 1. The van der Waals surface area contributed by atoms with Gasteiger partial charge in [0.05, 0.1) is 0 Å². The van der Waals surface area contributed by atoms with Crippen LogP contribution in [0.4, 0.5) is 0 Å². The van der Waals surface area contributed by atoms with Crippen molar-refractivity contribution in [3.8, 4) is 0 Å². The third-order valence-corrected chi connectivity index (χ3v) is 7.67. The van der Waals surface area contributed by atoms with E-state index in [-0.39, 0.29) is 11.8 Å². The standard InChI is InChI=1S/C27H34N6O2/c1-27(22-6-10-28-11-7-22,30-25(34)21-4-3-20-5-12-29-24(20)19-21)26(35)33-17-15-32(16-18-33)23-8-13-31(2)14-9-23/h3-7,10-12,19,23,29H,8-9,13-18H2,1-2H3,(H,30,34)/t27-/m0/s1. The molecule has 0 saturated carbocycles. The lowest BCUT2D eigenvalue weighted by molar-refractivity contribution is -0.140. The molecule has 2 aliphatic heterocycles. The molecule has 35 heavy (non-hydrogen) atoms. The van der Waals surface area contributed by atoms with Crippen molar-refractivity contribution in [3.05, 3.63) is 66.1 Å². The van der Waals surface area contributed by atoms with E-state index in [9.17, 15) is 9.59 Å². The van der Waals surface area contributed by atoms with Gasteiger partial charge >= 0.3 is 0 Å². The lowest BCUT2D eigenvalue weighted by atomic mass is 9.90. The van der Waals surface area contributed by atoms with Gasteiger partial charge in [0.15, 0.2) is 0 Å². The number of nitrogens with one attached hydrogen (secondary N) is 2. The number of rotatable bonds is 5. The van der Waals surface area contributed by atoms with E-state index >= 15 is 0 Å². The van der Waals surface area contributed by atoms with Gasteiger partial charge in [0.1, 0.15) is 5.54 Å². The number of piperidine rings is 1. The fourth-order valence-corrected chi connectivity index (χ4v) is 5.39. The summed E-state index contributed by atoms with van der Waals surface area (Å²) in [6, 6.07) is 11.7. The Hall–Kier alpha value is -3.23.